The number of aryl methyl sites for hydroxylation is 2. The average Bonchev–Trinajstić information content (AvgIpc) is 2.94. The molecule has 0 unspecified atom stereocenters. The Morgan fingerprint density at radius 1 is 0.964 bits per heavy atom. The topological polar surface area (TPSA) is 44.0 Å². The van der Waals surface area contributed by atoms with Crippen LogP contribution in [0.3, 0.4) is 0 Å². The Labute approximate surface area is 175 Å². The quantitative estimate of drug-likeness (QED) is 0.448. The van der Waals surface area contributed by atoms with Gasteiger partial charge in [0, 0.05) is 14.9 Å². The van der Waals surface area contributed by atoms with Crippen LogP contribution in [0.25, 0.3) is 15.9 Å². The highest BCUT2D eigenvalue weighted by Gasteiger charge is 2.20. The smallest absolute Gasteiger partial charge is 0.279 e. The molecule has 4 aromatic rings. The lowest BCUT2D eigenvalue weighted by molar-refractivity contribution is 0.719. The number of aromatic nitrogens is 2. The van der Waals surface area contributed by atoms with E-state index in [0.717, 1.165) is 16.0 Å². The molecular weight excluding hydrogens is 415 g/mol. The Morgan fingerprint density at radius 3 is 2.32 bits per heavy atom. The van der Waals surface area contributed by atoms with Crippen LogP contribution in [-0.2, 0) is 6.54 Å². The first-order valence-corrected chi connectivity index (χ1v) is 10.2. The highest BCUT2D eigenvalue weighted by atomic mass is 35.5. The monoisotopic (exact) mass is 430 g/mol. The van der Waals surface area contributed by atoms with Crippen molar-refractivity contribution in [3.8, 4) is 5.69 Å². The van der Waals surface area contributed by atoms with Gasteiger partial charge in [-0.2, -0.15) is 0 Å². The summed E-state index contributed by atoms with van der Waals surface area (Å²) in [6.45, 7) is 4.18. The maximum atomic E-state index is 13.4. The van der Waals surface area contributed by atoms with E-state index < -0.39 is 5.69 Å². The summed E-state index contributed by atoms with van der Waals surface area (Å²) in [4.78, 5) is 28.3. The first-order chi connectivity index (χ1) is 13.4. The molecule has 0 aliphatic carbocycles. The van der Waals surface area contributed by atoms with Crippen LogP contribution in [0.5, 0.6) is 0 Å². The third-order valence-electron chi connectivity index (χ3n) is 4.75. The van der Waals surface area contributed by atoms with Crippen LogP contribution in [0.1, 0.15) is 16.0 Å². The van der Waals surface area contributed by atoms with Crippen LogP contribution >= 0.6 is 34.5 Å². The lowest BCUT2D eigenvalue weighted by Gasteiger charge is -2.13. The Balaban J connectivity index is 2.07. The summed E-state index contributed by atoms with van der Waals surface area (Å²) in [7, 11) is 0. The second-order valence-corrected chi connectivity index (χ2v) is 8.66. The molecule has 7 heteroatoms. The summed E-state index contributed by atoms with van der Waals surface area (Å²) >= 11 is 13.7. The van der Waals surface area contributed by atoms with Crippen molar-refractivity contribution in [1.29, 1.82) is 0 Å². The predicted octanol–water partition coefficient (Wildman–Crippen LogP) is 5.19. The van der Waals surface area contributed by atoms with Crippen molar-refractivity contribution in [1.82, 2.24) is 9.13 Å². The highest BCUT2D eigenvalue weighted by Crippen LogP contribution is 2.28. The molecular formula is C21H16Cl2N2O2S. The van der Waals surface area contributed by atoms with Gasteiger partial charge in [-0.1, -0.05) is 41.4 Å². The zero-order valence-corrected chi connectivity index (χ0v) is 17.5. The molecule has 0 atom stereocenters. The minimum atomic E-state index is -0.402. The van der Waals surface area contributed by atoms with Crippen molar-refractivity contribution in [3.63, 3.8) is 0 Å². The molecule has 0 aliphatic rings. The van der Waals surface area contributed by atoms with Gasteiger partial charge >= 0.3 is 5.69 Å². The molecule has 0 spiro atoms. The zero-order valence-electron chi connectivity index (χ0n) is 15.2. The number of benzene rings is 2. The lowest BCUT2D eigenvalue weighted by atomic mass is 10.2. The van der Waals surface area contributed by atoms with Gasteiger partial charge in [0.1, 0.15) is 4.83 Å². The van der Waals surface area contributed by atoms with E-state index in [1.165, 1.54) is 15.9 Å². The fourth-order valence-corrected chi connectivity index (χ4v) is 4.80. The molecule has 0 saturated heterocycles. The van der Waals surface area contributed by atoms with Gasteiger partial charge in [-0.05, 0) is 55.3 Å². The fourth-order valence-electron chi connectivity index (χ4n) is 3.26. The Bertz CT molecular complexity index is 1330. The molecule has 2 heterocycles. The zero-order chi connectivity index (χ0) is 20.0. The normalized spacial score (nSPS) is 11.3. The number of thiophene rings is 1. The summed E-state index contributed by atoms with van der Waals surface area (Å²) in [6.07, 6.45) is 0. The second-order valence-electron chi connectivity index (χ2n) is 6.58. The molecule has 0 amide bonds. The minimum absolute atomic E-state index is 0.316. The van der Waals surface area contributed by atoms with Crippen molar-refractivity contribution in [2.24, 2.45) is 0 Å². The molecule has 0 fully saturated rings. The van der Waals surface area contributed by atoms with Crippen molar-refractivity contribution in [3.05, 3.63) is 95.4 Å². The molecule has 142 valence electrons. The molecule has 0 N–H and O–H groups in total. The second kappa shape index (κ2) is 7.24. The Morgan fingerprint density at radius 2 is 1.64 bits per heavy atom. The molecule has 4 rings (SSSR count). The summed E-state index contributed by atoms with van der Waals surface area (Å²) in [5.41, 5.74) is 1.50. The van der Waals surface area contributed by atoms with E-state index in [2.05, 4.69) is 0 Å². The van der Waals surface area contributed by atoms with E-state index >= 15 is 0 Å². The van der Waals surface area contributed by atoms with Gasteiger partial charge in [-0.25, -0.2) is 9.36 Å². The predicted molar refractivity (Wildman–Crippen MR) is 117 cm³/mol. The van der Waals surface area contributed by atoms with Gasteiger partial charge < -0.3 is 0 Å². The van der Waals surface area contributed by atoms with E-state index in [0.29, 0.717) is 32.5 Å². The molecule has 2 aromatic carbocycles. The van der Waals surface area contributed by atoms with E-state index in [4.69, 9.17) is 23.2 Å². The molecule has 4 nitrogen and oxygen atoms in total. The van der Waals surface area contributed by atoms with Crippen LogP contribution in [-0.4, -0.2) is 9.13 Å². The van der Waals surface area contributed by atoms with Gasteiger partial charge in [0.25, 0.3) is 5.56 Å². The minimum Gasteiger partial charge on any atom is -0.279 e. The van der Waals surface area contributed by atoms with E-state index in [1.807, 2.05) is 32.0 Å². The summed E-state index contributed by atoms with van der Waals surface area (Å²) < 4.78 is 2.83. The van der Waals surface area contributed by atoms with Crippen molar-refractivity contribution >= 4 is 44.8 Å². The van der Waals surface area contributed by atoms with Crippen molar-refractivity contribution in [2.45, 2.75) is 20.4 Å². The van der Waals surface area contributed by atoms with Gasteiger partial charge in [-0.3, -0.25) is 9.36 Å². The van der Waals surface area contributed by atoms with Crippen LogP contribution in [0.2, 0.25) is 10.0 Å². The van der Waals surface area contributed by atoms with Crippen molar-refractivity contribution < 1.29 is 0 Å². The van der Waals surface area contributed by atoms with E-state index in [-0.39, 0.29) is 5.56 Å². The fraction of sp³-hybridized carbons (Fsp3) is 0.143. The number of hydrogen-bond donors (Lipinski definition) is 0. The Kier molecular flexibility index (Phi) is 4.91. The SMILES string of the molecule is Cc1sc2c(c1C)c(=O)n(-c1cccc(Cl)c1)c(=O)n2Cc1cccc(Cl)c1. The molecule has 0 saturated carbocycles. The van der Waals surface area contributed by atoms with Gasteiger partial charge in [0.15, 0.2) is 0 Å². The number of hydrogen-bond acceptors (Lipinski definition) is 3. The van der Waals surface area contributed by atoms with Crippen LogP contribution in [0.15, 0.2) is 58.1 Å². The summed E-state index contributed by atoms with van der Waals surface area (Å²) in [6, 6.07) is 14.1. The first kappa shape index (κ1) is 19.0. The first-order valence-electron chi connectivity index (χ1n) is 8.63. The standard InChI is InChI=1S/C21H16Cl2N2O2S/c1-12-13(2)28-20-18(12)19(26)25(17-8-4-7-16(23)10-17)21(27)24(20)11-14-5-3-6-15(22)9-14/h3-10H,11H2,1-2H3. The number of fused-ring (bicyclic) bond motifs is 1. The molecule has 0 aliphatic heterocycles. The maximum Gasteiger partial charge on any atom is 0.337 e. The highest BCUT2D eigenvalue weighted by molar-refractivity contribution is 7.18. The van der Waals surface area contributed by atoms with E-state index in [9.17, 15) is 9.59 Å². The maximum absolute atomic E-state index is 13.4. The number of halogens is 2. The number of nitrogens with zero attached hydrogens (tertiary/aromatic N) is 2. The summed E-state index contributed by atoms with van der Waals surface area (Å²) in [5, 5.41) is 1.62. The largest absolute Gasteiger partial charge is 0.337 e. The third-order valence-corrected chi connectivity index (χ3v) is 6.45. The van der Waals surface area contributed by atoms with Gasteiger partial charge in [-0.15, -0.1) is 11.3 Å². The van der Waals surface area contributed by atoms with Crippen molar-refractivity contribution in [2.75, 3.05) is 0 Å². The lowest BCUT2D eigenvalue weighted by Crippen LogP contribution is -2.38. The van der Waals surface area contributed by atoms with Crippen LogP contribution in [0, 0.1) is 13.8 Å². The Hall–Kier alpha value is -2.34. The third kappa shape index (κ3) is 3.20. The molecule has 0 bridgehead atoms. The van der Waals surface area contributed by atoms with Crippen LogP contribution in [0.4, 0.5) is 0 Å². The van der Waals surface area contributed by atoms with Crippen LogP contribution < -0.4 is 11.2 Å². The average molecular weight is 431 g/mol. The number of rotatable bonds is 3. The van der Waals surface area contributed by atoms with E-state index in [1.54, 1.807) is 34.9 Å². The molecule has 28 heavy (non-hydrogen) atoms. The molecule has 0 radical (unpaired) electrons. The van der Waals surface area contributed by atoms with Gasteiger partial charge in [0.2, 0.25) is 0 Å². The van der Waals surface area contributed by atoms with Gasteiger partial charge in [0.05, 0.1) is 17.6 Å². The summed E-state index contributed by atoms with van der Waals surface area (Å²) in [5.74, 6) is 0. The molecule has 2 aromatic heterocycles.